The number of hydrogen-bond acceptors (Lipinski definition) is 4. The maximum atomic E-state index is 9.48. The summed E-state index contributed by atoms with van der Waals surface area (Å²) in [5.41, 5.74) is 7.96. The van der Waals surface area contributed by atoms with Gasteiger partial charge < -0.3 is 5.73 Å². The van der Waals surface area contributed by atoms with E-state index < -0.39 is 12.0 Å². The molecule has 0 saturated carbocycles. The van der Waals surface area contributed by atoms with E-state index in [2.05, 4.69) is 28.2 Å². The number of rotatable bonds is 4. The SMILES string of the molecule is N#CC1C(N)=NC(CCc2ccccc2)=NC1c1ccc(Cl)cc1Cl. The van der Waals surface area contributed by atoms with Crippen LogP contribution in [-0.2, 0) is 6.42 Å². The molecule has 126 valence electrons. The van der Waals surface area contributed by atoms with Crippen LogP contribution in [0.25, 0.3) is 0 Å². The number of halogens is 2. The van der Waals surface area contributed by atoms with Gasteiger partial charge in [-0.1, -0.05) is 59.6 Å². The summed E-state index contributed by atoms with van der Waals surface area (Å²) in [6, 6.07) is 17.0. The molecule has 2 aromatic carbocycles. The van der Waals surface area contributed by atoms with E-state index in [-0.39, 0.29) is 5.84 Å². The second kappa shape index (κ2) is 7.69. The Labute approximate surface area is 156 Å². The van der Waals surface area contributed by atoms with E-state index in [4.69, 9.17) is 28.9 Å². The predicted octanol–water partition coefficient (Wildman–Crippen LogP) is 4.58. The van der Waals surface area contributed by atoms with E-state index in [1.165, 1.54) is 5.56 Å². The number of amidine groups is 2. The van der Waals surface area contributed by atoms with E-state index in [1.807, 2.05) is 18.2 Å². The molecular weight excluding hydrogens is 355 g/mol. The van der Waals surface area contributed by atoms with Gasteiger partial charge >= 0.3 is 0 Å². The molecule has 0 saturated heterocycles. The topological polar surface area (TPSA) is 74.5 Å². The van der Waals surface area contributed by atoms with Crippen molar-refractivity contribution >= 4 is 34.9 Å². The van der Waals surface area contributed by atoms with Crippen molar-refractivity contribution in [2.45, 2.75) is 18.9 Å². The zero-order chi connectivity index (χ0) is 17.8. The second-order valence-corrected chi connectivity index (χ2v) is 6.63. The summed E-state index contributed by atoms with van der Waals surface area (Å²) < 4.78 is 0. The summed E-state index contributed by atoms with van der Waals surface area (Å²) in [5.74, 6) is 0.264. The van der Waals surface area contributed by atoms with Crippen LogP contribution in [0.2, 0.25) is 10.0 Å². The third-order valence-corrected chi connectivity index (χ3v) is 4.64. The molecule has 2 unspecified atom stereocenters. The summed E-state index contributed by atoms with van der Waals surface area (Å²) in [5, 5.41) is 10.5. The molecule has 0 radical (unpaired) electrons. The van der Waals surface area contributed by atoms with Gasteiger partial charge in [0, 0.05) is 16.5 Å². The fourth-order valence-electron chi connectivity index (χ4n) is 2.79. The Morgan fingerprint density at radius 2 is 1.84 bits per heavy atom. The third-order valence-electron chi connectivity index (χ3n) is 4.08. The lowest BCUT2D eigenvalue weighted by Crippen LogP contribution is -2.32. The van der Waals surface area contributed by atoms with Crippen molar-refractivity contribution in [3.05, 3.63) is 69.7 Å². The molecule has 25 heavy (non-hydrogen) atoms. The van der Waals surface area contributed by atoms with Crippen LogP contribution in [0.3, 0.4) is 0 Å². The van der Waals surface area contributed by atoms with Crippen molar-refractivity contribution in [1.29, 1.82) is 5.26 Å². The zero-order valence-corrected chi connectivity index (χ0v) is 14.9. The molecular formula is C19H16Cl2N4. The fourth-order valence-corrected chi connectivity index (χ4v) is 3.31. The molecule has 2 aromatic rings. The highest BCUT2D eigenvalue weighted by molar-refractivity contribution is 6.35. The van der Waals surface area contributed by atoms with Gasteiger partial charge in [-0.25, -0.2) is 4.99 Å². The Balaban J connectivity index is 1.88. The fraction of sp³-hybridized carbons (Fsp3) is 0.211. The van der Waals surface area contributed by atoms with Crippen molar-refractivity contribution < 1.29 is 0 Å². The van der Waals surface area contributed by atoms with Crippen molar-refractivity contribution in [3.8, 4) is 6.07 Å². The van der Waals surface area contributed by atoms with Crippen molar-refractivity contribution in [2.24, 2.45) is 21.6 Å². The lowest BCUT2D eigenvalue weighted by Gasteiger charge is -2.24. The maximum Gasteiger partial charge on any atom is 0.130 e. The van der Waals surface area contributed by atoms with E-state index in [9.17, 15) is 5.26 Å². The van der Waals surface area contributed by atoms with Gasteiger partial charge in [-0.15, -0.1) is 0 Å². The van der Waals surface area contributed by atoms with Crippen LogP contribution in [-0.4, -0.2) is 11.7 Å². The minimum atomic E-state index is -0.640. The Bertz CT molecular complexity index is 869. The van der Waals surface area contributed by atoms with Crippen LogP contribution in [0.1, 0.15) is 23.6 Å². The Morgan fingerprint density at radius 3 is 2.52 bits per heavy atom. The summed E-state index contributed by atoms with van der Waals surface area (Å²) in [7, 11) is 0. The van der Waals surface area contributed by atoms with E-state index in [0.29, 0.717) is 22.3 Å². The molecule has 4 nitrogen and oxygen atoms in total. The highest BCUT2D eigenvalue weighted by Crippen LogP contribution is 2.35. The average molecular weight is 371 g/mol. The second-order valence-electron chi connectivity index (χ2n) is 5.79. The molecule has 1 aliphatic rings. The first kappa shape index (κ1) is 17.5. The first-order valence-corrected chi connectivity index (χ1v) is 8.63. The lowest BCUT2D eigenvalue weighted by atomic mass is 9.92. The lowest BCUT2D eigenvalue weighted by molar-refractivity contribution is 0.641. The van der Waals surface area contributed by atoms with Gasteiger partial charge in [0.1, 0.15) is 23.6 Å². The number of benzene rings is 2. The Morgan fingerprint density at radius 1 is 1.08 bits per heavy atom. The van der Waals surface area contributed by atoms with Crippen LogP contribution in [0.15, 0.2) is 58.5 Å². The van der Waals surface area contributed by atoms with Gasteiger partial charge in [0.25, 0.3) is 0 Å². The molecule has 0 amide bonds. The van der Waals surface area contributed by atoms with Gasteiger partial charge in [-0.05, 0) is 29.7 Å². The highest BCUT2D eigenvalue weighted by atomic mass is 35.5. The largest absolute Gasteiger partial charge is 0.386 e. The van der Waals surface area contributed by atoms with E-state index >= 15 is 0 Å². The summed E-state index contributed by atoms with van der Waals surface area (Å²) in [4.78, 5) is 8.98. The minimum absolute atomic E-state index is 0.275. The first-order valence-electron chi connectivity index (χ1n) is 7.87. The molecule has 0 aromatic heterocycles. The van der Waals surface area contributed by atoms with Crippen molar-refractivity contribution in [3.63, 3.8) is 0 Å². The molecule has 0 bridgehead atoms. The molecule has 0 spiro atoms. The normalized spacial score (nSPS) is 19.7. The van der Waals surface area contributed by atoms with Gasteiger partial charge in [-0.2, -0.15) is 5.26 Å². The molecule has 2 N–H and O–H groups in total. The van der Waals surface area contributed by atoms with Crippen LogP contribution >= 0.6 is 23.2 Å². The molecule has 1 heterocycles. The molecule has 0 aliphatic carbocycles. The van der Waals surface area contributed by atoms with Crippen LogP contribution < -0.4 is 5.73 Å². The van der Waals surface area contributed by atoms with E-state index in [0.717, 1.165) is 12.0 Å². The predicted molar refractivity (Wildman–Crippen MR) is 102 cm³/mol. The Kier molecular flexibility index (Phi) is 5.37. The van der Waals surface area contributed by atoms with Gasteiger partial charge in [-0.3, -0.25) is 4.99 Å². The Hall–Kier alpha value is -2.35. The molecule has 3 rings (SSSR count). The summed E-state index contributed by atoms with van der Waals surface area (Å²) in [6.07, 6.45) is 1.44. The number of nitrogens with zero attached hydrogens (tertiary/aromatic N) is 3. The number of nitrogens with two attached hydrogens (primary N) is 1. The smallest absolute Gasteiger partial charge is 0.130 e. The van der Waals surface area contributed by atoms with Crippen LogP contribution in [0.5, 0.6) is 0 Å². The number of aryl methyl sites for hydroxylation is 1. The summed E-state index contributed by atoms with van der Waals surface area (Å²) >= 11 is 12.3. The van der Waals surface area contributed by atoms with Gasteiger partial charge in [0.05, 0.1) is 6.07 Å². The minimum Gasteiger partial charge on any atom is -0.386 e. The highest BCUT2D eigenvalue weighted by Gasteiger charge is 2.31. The monoisotopic (exact) mass is 370 g/mol. The number of nitriles is 1. The van der Waals surface area contributed by atoms with Crippen molar-refractivity contribution in [2.75, 3.05) is 0 Å². The van der Waals surface area contributed by atoms with Crippen LogP contribution in [0.4, 0.5) is 0 Å². The zero-order valence-electron chi connectivity index (χ0n) is 13.4. The summed E-state index contributed by atoms with van der Waals surface area (Å²) in [6.45, 7) is 0. The molecule has 0 fully saturated rings. The van der Waals surface area contributed by atoms with Gasteiger partial charge in [0.15, 0.2) is 0 Å². The first-order chi connectivity index (χ1) is 12.1. The molecule has 2 atom stereocenters. The van der Waals surface area contributed by atoms with E-state index in [1.54, 1.807) is 18.2 Å². The van der Waals surface area contributed by atoms with Crippen molar-refractivity contribution in [1.82, 2.24) is 0 Å². The number of hydrogen-bond donors (Lipinski definition) is 1. The van der Waals surface area contributed by atoms with Crippen LogP contribution in [0, 0.1) is 17.2 Å². The van der Waals surface area contributed by atoms with Gasteiger partial charge in [0.2, 0.25) is 0 Å². The standard InChI is InChI=1S/C19H16Cl2N4/c20-13-7-8-14(16(21)10-13)18-15(11-22)19(23)25-17(24-18)9-6-12-4-2-1-3-5-12/h1-5,7-8,10,15,18H,6,9H2,(H2,23,24,25). The maximum absolute atomic E-state index is 9.48. The third kappa shape index (κ3) is 4.01. The quantitative estimate of drug-likeness (QED) is 0.854. The molecule has 6 heteroatoms. The average Bonchev–Trinajstić information content (AvgIpc) is 2.60. The molecule has 1 aliphatic heterocycles. The number of aliphatic imine (C=N–C) groups is 2.